The number of aromatic nitrogens is 2. The fraction of sp³-hybridized carbons (Fsp3) is 0.786. The molecule has 102 valence electrons. The van der Waals surface area contributed by atoms with Gasteiger partial charge in [0.1, 0.15) is 0 Å². The molecule has 1 N–H and O–H groups in total. The molecule has 0 amide bonds. The molecule has 0 spiro atoms. The lowest BCUT2D eigenvalue weighted by Gasteiger charge is -2.48. The van der Waals surface area contributed by atoms with Gasteiger partial charge in [0.05, 0.1) is 17.6 Å². The summed E-state index contributed by atoms with van der Waals surface area (Å²) in [6.45, 7) is 5.44. The lowest BCUT2D eigenvalue weighted by atomic mass is 9.75. The minimum atomic E-state index is -0.0340. The Bertz CT molecular complexity index is 402. The zero-order valence-corrected chi connectivity index (χ0v) is 12.3. The minimum absolute atomic E-state index is 0.0340. The van der Waals surface area contributed by atoms with Gasteiger partial charge in [-0.2, -0.15) is 0 Å². The summed E-state index contributed by atoms with van der Waals surface area (Å²) in [6, 6.07) is 0. The molecular formula is C14H26N4. The van der Waals surface area contributed by atoms with Gasteiger partial charge >= 0.3 is 0 Å². The van der Waals surface area contributed by atoms with E-state index in [4.69, 9.17) is 0 Å². The second kappa shape index (κ2) is 4.67. The van der Waals surface area contributed by atoms with Crippen LogP contribution in [0.1, 0.15) is 38.8 Å². The van der Waals surface area contributed by atoms with E-state index >= 15 is 0 Å². The van der Waals surface area contributed by atoms with Crippen molar-refractivity contribution in [3.8, 4) is 0 Å². The average molecular weight is 250 g/mol. The second-order valence-electron chi connectivity index (χ2n) is 6.25. The maximum absolute atomic E-state index is 4.34. The number of rotatable bonds is 5. The van der Waals surface area contributed by atoms with E-state index in [1.54, 1.807) is 0 Å². The summed E-state index contributed by atoms with van der Waals surface area (Å²) in [5.41, 5.74) is 1.56. The van der Waals surface area contributed by atoms with Crippen LogP contribution in [0.5, 0.6) is 0 Å². The summed E-state index contributed by atoms with van der Waals surface area (Å²) in [4.78, 5) is 6.72. The van der Waals surface area contributed by atoms with Gasteiger partial charge in [-0.15, -0.1) is 0 Å². The van der Waals surface area contributed by atoms with E-state index in [9.17, 15) is 0 Å². The summed E-state index contributed by atoms with van der Waals surface area (Å²) >= 11 is 0. The van der Waals surface area contributed by atoms with Crippen LogP contribution in [0.25, 0.3) is 0 Å². The monoisotopic (exact) mass is 250 g/mol. The van der Waals surface area contributed by atoms with E-state index in [0.29, 0.717) is 5.54 Å². The molecular weight excluding hydrogens is 224 g/mol. The molecule has 0 radical (unpaired) electrons. The molecule has 0 bridgehead atoms. The van der Waals surface area contributed by atoms with Crippen molar-refractivity contribution in [1.29, 1.82) is 0 Å². The molecule has 1 aromatic rings. The third kappa shape index (κ3) is 2.19. The minimum Gasteiger partial charge on any atom is -0.331 e. The van der Waals surface area contributed by atoms with Crippen LogP contribution in [0.2, 0.25) is 0 Å². The average Bonchev–Trinajstić information content (AvgIpc) is 2.71. The lowest BCUT2D eigenvalue weighted by molar-refractivity contribution is 0.0407. The zero-order chi connectivity index (χ0) is 13.4. The van der Waals surface area contributed by atoms with Crippen molar-refractivity contribution in [2.45, 2.75) is 50.7 Å². The second-order valence-corrected chi connectivity index (χ2v) is 6.25. The van der Waals surface area contributed by atoms with Gasteiger partial charge in [-0.3, -0.25) is 0 Å². The first-order valence-electron chi connectivity index (χ1n) is 6.78. The largest absolute Gasteiger partial charge is 0.331 e. The molecule has 1 saturated carbocycles. The van der Waals surface area contributed by atoms with E-state index in [-0.39, 0.29) is 5.54 Å². The van der Waals surface area contributed by atoms with Crippen LogP contribution in [0.15, 0.2) is 12.5 Å². The van der Waals surface area contributed by atoms with Gasteiger partial charge in [0.15, 0.2) is 0 Å². The quantitative estimate of drug-likeness (QED) is 0.865. The number of hydrogen-bond donors (Lipinski definition) is 1. The predicted molar refractivity (Wildman–Crippen MR) is 74.6 cm³/mol. The van der Waals surface area contributed by atoms with Gasteiger partial charge in [0.25, 0.3) is 0 Å². The highest BCUT2D eigenvalue weighted by atomic mass is 15.2. The number of imidazole rings is 1. The van der Waals surface area contributed by atoms with E-state index in [1.165, 1.54) is 25.0 Å². The SMILES string of the molecule is CNC(C)(C)c1cncn1CC1(N(C)C)CCC1. The van der Waals surface area contributed by atoms with Crippen molar-refractivity contribution < 1.29 is 0 Å². The van der Waals surface area contributed by atoms with Gasteiger partial charge < -0.3 is 14.8 Å². The normalized spacial score (nSPS) is 19.0. The molecule has 0 atom stereocenters. The standard InChI is InChI=1S/C14H26N4/c1-13(2,15-3)12-9-16-11-18(12)10-14(17(4)5)7-6-8-14/h9,11,15H,6-8,10H2,1-5H3. The third-order valence-electron chi connectivity index (χ3n) is 4.68. The van der Waals surface area contributed by atoms with Gasteiger partial charge in [0.2, 0.25) is 0 Å². The summed E-state index contributed by atoms with van der Waals surface area (Å²) in [5, 5.41) is 3.36. The van der Waals surface area contributed by atoms with Gasteiger partial charge in [-0.25, -0.2) is 4.98 Å². The fourth-order valence-electron chi connectivity index (χ4n) is 2.74. The van der Waals surface area contributed by atoms with Crippen LogP contribution < -0.4 is 5.32 Å². The van der Waals surface area contributed by atoms with E-state index in [0.717, 1.165) is 6.54 Å². The van der Waals surface area contributed by atoms with Crippen LogP contribution in [0.4, 0.5) is 0 Å². The van der Waals surface area contributed by atoms with E-state index in [1.807, 2.05) is 19.6 Å². The van der Waals surface area contributed by atoms with Crippen molar-refractivity contribution in [3.63, 3.8) is 0 Å². The maximum atomic E-state index is 4.34. The highest BCUT2D eigenvalue weighted by molar-refractivity contribution is 5.12. The molecule has 0 unspecified atom stereocenters. The third-order valence-corrected chi connectivity index (χ3v) is 4.68. The molecule has 4 heteroatoms. The first kappa shape index (κ1) is 13.6. The van der Waals surface area contributed by atoms with E-state index in [2.05, 4.69) is 47.7 Å². The highest BCUT2D eigenvalue weighted by Crippen LogP contribution is 2.38. The summed E-state index contributed by atoms with van der Waals surface area (Å²) < 4.78 is 2.32. The topological polar surface area (TPSA) is 33.1 Å². The smallest absolute Gasteiger partial charge is 0.0949 e. The van der Waals surface area contributed by atoms with Gasteiger partial charge in [-0.05, 0) is 54.3 Å². The van der Waals surface area contributed by atoms with Gasteiger partial charge in [0, 0.05) is 18.3 Å². The van der Waals surface area contributed by atoms with Crippen LogP contribution in [-0.2, 0) is 12.1 Å². The van der Waals surface area contributed by atoms with Crippen molar-refractivity contribution in [3.05, 3.63) is 18.2 Å². The molecule has 0 aliphatic heterocycles. The van der Waals surface area contributed by atoms with E-state index < -0.39 is 0 Å². The molecule has 0 aromatic carbocycles. The zero-order valence-electron chi connectivity index (χ0n) is 12.3. The molecule has 1 fully saturated rings. The number of likely N-dealkylation sites (N-methyl/N-ethyl adjacent to an activating group) is 1. The molecule has 1 aliphatic carbocycles. The molecule has 4 nitrogen and oxygen atoms in total. The first-order valence-corrected chi connectivity index (χ1v) is 6.78. The van der Waals surface area contributed by atoms with Crippen molar-refractivity contribution >= 4 is 0 Å². The Hall–Kier alpha value is -0.870. The molecule has 0 saturated heterocycles. The van der Waals surface area contributed by atoms with Crippen molar-refractivity contribution in [1.82, 2.24) is 19.8 Å². The Morgan fingerprint density at radius 1 is 1.44 bits per heavy atom. The molecule has 1 aliphatic rings. The number of nitrogens with one attached hydrogen (secondary N) is 1. The Morgan fingerprint density at radius 3 is 2.56 bits per heavy atom. The summed E-state index contributed by atoms with van der Waals surface area (Å²) in [7, 11) is 6.39. The van der Waals surface area contributed by atoms with Crippen molar-refractivity contribution in [2.24, 2.45) is 0 Å². The maximum Gasteiger partial charge on any atom is 0.0949 e. The Morgan fingerprint density at radius 2 is 2.11 bits per heavy atom. The van der Waals surface area contributed by atoms with Crippen LogP contribution >= 0.6 is 0 Å². The molecule has 2 rings (SSSR count). The first-order chi connectivity index (χ1) is 8.41. The number of nitrogens with zero attached hydrogens (tertiary/aromatic N) is 3. The molecule has 1 aromatic heterocycles. The van der Waals surface area contributed by atoms with Crippen LogP contribution in [-0.4, -0.2) is 41.1 Å². The van der Waals surface area contributed by atoms with Crippen LogP contribution in [0, 0.1) is 0 Å². The Balaban J connectivity index is 2.23. The highest BCUT2D eigenvalue weighted by Gasteiger charge is 2.40. The summed E-state index contributed by atoms with van der Waals surface area (Å²) in [5.74, 6) is 0. The van der Waals surface area contributed by atoms with Crippen molar-refractivity contribution in [2.75, 3.05) is 21.1 Å². The van der Waals surface area contributed by atoms with Gasteiger partial charge in [-0.1, -0.05) is 0 Å². The molecule has 1 heterocycles. The molecule has 18 heavy (non-hydrogen) atoms. The number of hydrogen-bond acceptors (Lipinski definition) is 3. The lowest BCUT2D eigenvalue weighted by Crippen LogP contribution is -2.53. The summed E-state index contributed by atoms with van der Waals surface area (Å²) in [6.07, 6.45) is 7.88. The van der Waals surface area contributed by atoms with Crippen LogP contribution in [0.3, 0.4) is 0 Å². The Kier molecular flexibility index (Phi) is 3.52. The Labute approximate surface area is 110 Å². The predicted octanol–water partition coefficient (Wildman–Crippen LogP) is 1.82. The fourth-order valence-corrected chi connectivity index (χ4v) is 2.74.